The molecule has 5 nitrogen and oxygen atoms in total. The average molecular weight is 270 g/mol. The molecule has 0 saturated carbocycles. The molecule has 1 aliphatic heterocycles. The number of nitrogens with zero attached hydrogens (tertiary/aromatic N) is 3. The molecule has 1 aliphatic rings. The number of ether oxygens (including phenoxy) is 1. The molecule has 0 atom stereocenters. The number of rotatable bonds is 4. The molecule has 3 rings (SSSR count). The summed E-state index contributed by atoms with van der Waals surface area (Å²) in [5.74, 6) is 1.77. The lowest BCUT2D eigenvalue weighted by Gasteiger charge is -2.29. The third-order valence-electron chi connectivity index (χ3n) is 3.31. The van der Waals surface area contributed by atoms with Gasteiger partial charge >= 0.3 is 0 Å². The van der Waals surface area contributed by atoms with Crippen LogP contribution in [0.4, 0.5) is 5.82 Å². The molecular weight excluding hydrogens is 252 g/mol. The van der Waals surface area contributed by atoms with Gasteiger partial charge in [-0.2, -0.15) is 0 Å². The summed E-state index contributed by atoms with van der Waals surface area (Å²) in [7, 11) is 0. The zero-order valence-electron chi connectivity index (χ0n) is 11.3. The van der Waals surface area contributed by atoms with Crippen molar-refractivity contribution >= 4 is 5.82 Å². The molecule has 2 aromatic rings. The Bertz CT molecular complexity index is 541. The van der Waals surface area contributed by atoms with Gasteiger partial charge in [0.2, 0.25) is 0 Å². The van der Waals surface area contributed by atoms with E-state index in [1.165, 1.54) is 0 Å². The van der Waals surface area contributed by atoms with Gasteiger partial charge in [0.15, 0.2) is 11.6 Å². The van der Waals surface area contributed by atoms with Crippen molar-refractivity contribution in [2.75, 3.05) is 31.1 Å². The molecule has 0 unspecified atom stereocenters. The van der Waals surface area contributed by atoms with Gasteiger partial charge in [0.25, 0.3) is 0 Å². The van der Waals surface area contributed by atoms with Gasteiger partial charge in [-0.3, -0.25) is 4.98 Å². The highest BCUT2D eigenvalue weighted by atomic mass is 16.5. The third-order valence-corrected chi connectivity index (χ3v) is 3.31. The van der Waals surface area contributed by atoms with Gasteiger partial charge in [0, 0.05) is 44.8 Å². The fourth-order valence-corrected chi connectivity index (χ4v) is 2.25. The van der Waals surface area contributed by atoms with Crippen LogP contribution < -0.4 is 15.0 Å². The Morgan fingerprint density at radius 2 is 1.90 bits per heavy atom. The smallest absolute Gasteiger partial charge is 0.171 e. The fraction of sp³-hybridized carbons (Fsp3) is 0.333. The van der Waals surface area contributed by atoms with Crippen molar-refractivity contribution in [2.45, 2.75) is 6.61 Å². The molecule has 1 fully saturated rings. The van der Waals surface area contributed by atoms with E-state index >= 15 is 0 Å². The minimum Gasteiger partial charge on any atom is -0.485 e. The molecule has 104 valence electrons. The molecule has 0 spiro atoms. The summed E-state index contributed by atoms with van der Waals surface area (Å²) < 4.78 is 5.92. The largest absolute Gasteiger partial charge is 0.485 e. The topological polar surface area (TPSA) is 50.3 Å². The predicted molar refractivity (Wildman–Crippen MR) is 77.9 cm³/mol. The molecule has 0 bridgehead atoms. The molecule has 2 aromatic heterocycles. The van der Waals surface area contributed by atoms with Crippen LogP contribution >= 0.6 is 0 Å². The van der Waals surface area contributed by atoms with E-state index in [0.29, 0.717) is 6.61 Å². The molecular formula is C15H18N4O. The Labute approximate surface area is 118 Å². The number of hydrogen-bond donors (Lipinski definition) is 1. The lowest BCUT2D eigenvalue weighted by atomic mass is 10.3. The van der Waals surface area contributed by atoms with E-state index < -0.39 is 0 Å². The first kappa shape index (κ1) is 12.9. The van der Waals surface area contributed by atoms with Crippen LogP contribution in [-0.4, -0.2) is 36.1 Å². The molecule has 1 saturated heterocycles. The summed E-state index contributed by atoms with van der Waals surface area (Å²) in [5.41, 5.74) is 1.11. The van der Waals surface area contributed by atoms with Gasteiger partial charge in [-0.15, -0.1) is 0 Å². The third kappa shape index (κ3) is 3.05. The second kappa shape index (κ2) is 6.34. The number of hydrogen-bond acceptors (Lipinski definition) is 5. The van der Waals surface area contributed by atoms with E-state index in [1.54, 1.807) is 12.4 Å². The molecule has 0 radical (unpaired) electrons. The molecule has 20 heavy (non-hydrogen) atoms. The normalized spacial score (nSPS) is 15.1. The van der Waals surface area contributed by atoms with Crippen molar-refractivity contribution in [3.8, 4) is 5.75 Å². The number of anilines is 1. The Kier molecular flexibility index (Phi) is 4.08. The Balaban J connectivity index is 1.72. The predicted octanol–water partition coefficient (Wildman–Crippen LogP) is 1.47. The minimum atomic E-state index is 0.535. The maximum atomic E-state index is 5.92. The molecule has 0 aliphatic carbocycles. The van der Waals surface area contributed by atoms with E-state index in [-0.39, 0.29) is 0 Å². The lowest BCUT2D eigenvalue weighted by molar-refractivity contribution is 0.304. The van der Waals surface area contributed by atoms with Crippen LogP contribution in [0.1, 0.15) is 5.56 Å². The van der Waals surface area contributed by atoms with E-state index in [1.807, 2.05) is 30.5 Å². The highest BCUT2D eigenvalue weighted by Gasteiger charge is 2.16. The van der Waals surface area contributed by atoms with Crippen molar-refractivity contribution in [1.82, 2.24) is 15.3 Å². The van der Waals surface area contributed by atoms with Gasteiger partial charge in [-0.1, -0.05) is 0 Å². The van der Waals surface area contributed by atoms with Crippen LogP contribution in [0.2, 0.25) is 0 Å². The zero-order valence-corrected chi connectivity index (χ0v) is 11.3. The quantitative estimate of drug-likeness (QED) is 0.911. The van der Waals surface area contributed by atoms with Gasteiger partial charge in [0.1, 0.15) is 6.61 Å². The number of piperazine rings is 1. The van der Waals surface area contributed by atoms with Crippen molar-refractivity contribution < 1.29 is 4.74 Å². The molecule has 0 aromatic carbocycles. The molecule has 5 heteroatoms. The highest BCUT2D eigenvalue weighted by Crippen LogP contribution is 2.26. The van der Waals surface area contributed by atoms with Crippen LogP contribution in [0.3, 0.4) is 0 Å². The van der Waals surface area contributed by atoms with Crippen LogP contribution in [0, 0.1) is 0 Å². The summed E-state index contributed by atoms with van der Waals surface area (Å²) in [6.45, 7) is 4.43. The van der Waals surface area contributed by atoms with E-state index in [0.717, 1.165) is 43.3 Å². The molecule has 3 heterocycles. The first-order valence-corrected chi connectivity index (χ1v) is 6.86. The number of pyridine rings is 2. The Morgan fingerprint density at radius 3 is 2.70 bits per heavy atom. The zero-order chi connectivity index (χ0) is 13.6. The van der Waals surface area contributed by atoms with Gasteiger partial charge in [0.05, 0.1) is 0 Å². The van der Waals surface area contributed by atoms with Gasteiger partial charge in [-0.05, 0) is 29.8 Å². The monoisotopic (exact) mass is 270 g/mol. The average Bonchev–Trinajstić information content (AvgIpc) is 2.55. The van der Waals surface area contributed by atoms with Gasteiger partial charge < -0.3 is 15.0 Å². The highest BCUT2D eigenvalue weighted by molar-refractivity contribution is 5.52. The first-order chi connectivity index (χ1) is 9.93. The summed E-state index contributed by atoms with van der Waals surface area (Å²) in [5, 5.41) is 3.34. The second-order valence-corrected chi connectivity index (χ2v) is 4.71. The lowest BCUT2D eigenvalue weighted by Crippen LogP contribution is -2.44. The van der Waals surface area contributed by atoms with Crippen LogP contribution in [0.25, 0.3) is 0 Å². The van der Waals surface area contributed by atoms with Crippen molar-refractivity contribution in [1.29, 1.82) is 0 Å². The van der Waals surface area contributed by atoms with Crippen molar-refractivity contribution in [3.63, 3.8) is 0 Å². The standard InChI is InChI=1S/C15H18N4O/c1-2-14(20-12-13-3-6-16-7-4-13)15(18-5-1)19-10-8-17-9-11-19/h1-7,17H,8-12H2. The van der Waals surface area contributed by atoms with Crippen molar-refractivity contribution in [3.05, 3.63) is 48.4 Å². The maximum Gasteiger partial charge on any atom is 0.171 e. The van der Waals surface area contributed by atoms with Crippen LogP contribution in [0.15, 0.2) is 42.9 Å². The minimum absolute atomic E-state index is 0.535. The second-order valence-electron chi connectivity index (χ2n) is 4.71. The number of aromatic nitrogens is 2. The van der Waals surface area contributed by atoms with E-state index in [9.17, 15) is 0 Å². The summed E-state index contributed by atoms with van der Waals surface area (Å²) in [6.07, 6.45) is 5.37. The Hall–Kier alpha value is -2.14. The first-order valence-electron chi connectivity index (χ1n) is 6.86. The maximum absolute atomic E-state index is 5.92. The van der Waals surface area contributed by atoms with Crippen LogP contribution in [-0.2, 0) is 6.61 Å². The SMILES string of the molecule is c1cnc(N2CCNCC2)c(OCc2ccncc2)c1. The fourth-order valence-electron chi connectivity index (χ4n) is 2.25. The molecule has 1 N–H and O–H groups in total. The summed E-state index contributed by atoms with van der Waals surface area (Å²) in [6, 6.07) is 7.81. The number of nitrogens with one attached hydrogen (secondary N) is 1. The summed E-state index contributed by atoms with van der Waals surface area (Å²) in [4.78, 5) is 10.7. The van der Waals surface area contributed by atoms with Crippen molar-refractivity contribution in [2.24, 2.45) is 0 Å². The summed E-state index contributed by atoms with van der Waals surface area (Å²) >= 11 is 0. The van der Waals surface area contributed by atoms with Crippen LogP contribution in [0.5, 0.6) is 5.75 Å². The Morgan fingerprint density at radius 1 is 1.10 bits per heavy atom. The van der Waals surface area contributed by atoms with Gasteiger partial charge in [-0.25, -0.2) is 4.98 Å². The van der Waals surface area contributed by atoms with E-state index in [2.05, 4.69) is 20.2 Å². The molecule has 0 amide bonds. The van der Waals surface area contributed by atoms with E-state index in [4.69, 9.17) is 4.74 Å².